The topological polar surface area (TPSA) is 0 Å². The summed E-state index contributed by atoms with van der Waals surface area (Å²) in [6.07, 6.45) is 8.10. The molecule has 0 aromatic rings. The maximum absolute atomic E-state index is 5.91. The molecule has 0 unspecified atom stereocenters. The molecule has 0 aromatic heterocycles. The lowest BCUT2D eigenvalue weighted by molar-refractivity contribution is 0.598. The average molecular weight is 157 g/mol. The summed E-state index contributed by atoms with van der Waals surface area (Å²) in [5, 5.41) is 0.889. The molecule has 0 heterocycles. The first-order valence-electron chi connectivity index (χ1n) is 3.84. The van der Waals surface area contributed by atoms with Gasteiger partial charge in [-0.3, -0.25) is 0 Å². The van der Waals surface area contributed by atoms with Crippen molar-refractivity contribution in [1.82, 2.24) is 0 Å². The first-order valence-corrected chi connectivity index (χ1v) is 4.22. The van der Waals surface area contributed by atoms with E-state index in [9.17, 15) is 0 Å². The Balaban J connectivity index is 2.59. The third-order valence-corrected chi connectivity index (χ3v) is 2.40. The van der Waals surface area contributed by atoms with E-state index in [1.807, 2.05) is 0 Å². The summed E-state index contributed by atoms with van der Waals surface area (Å²) >= 11 is 5.91. The van der Waals surface area contributed by atoms with Gasteiger partial charge in [-0.05, 0) is 25.7 Å². The van der Waals surface area contributed by atoms with E-state index in [0.717, 1.165) is 5.03 Å². The zero-order chi connectivity index (χ0) is 7.40. The van der Waals surface area contributed by atoms with Gasteiger partial charge in [0, 0.05) is 5.03 Å². The third kappa shape index (κ3) is 1.88. The van der Waals surface area contributed by atoms with Crippen molar-refractivity contribution in [1.29, 1.82) is 0 Å². The Morgan fingerprint density at radius 3 is 2.40 bits per heavy atom. The van der Waals surface area contributed by atoms with Crippen molar-refractivity contribution in [3.05, 3.63) is 23.3 Å². The van der Waals surface area contributed by atoms with Gasteiger partial charge in [0.1, 0.15) is 0 Å². The van der Waals surface area contributed by atoms with Gasteiger partial charge in [0.05, 0.1) is 0 Å². The fourth-order valence-corrected chi connectivity index (χ4v) is 1.55. The van der Waals surface area contributed by atoms with Crippen LogP contribution in [0.25, 0.3) is 0 Å². The van der Waals surface area contributed by atoms with Gasteiger partial charge in [-0.1, -0.05) is 36.2 Å². The fourth-order valence-electron chi connectivity index (χ4n) is 1.36. The second kappa shape index (κ2) is 3.82. The van der Waals surface area contributed by atoms with Crippen LogP contribution in [0.2, 0.25) is 0 Å². The predicted octanol–water partition coefficient (Wildman–Crippen LogP) is 3.63. The Morgan fingerprint density at radius 2 is 1.90 bits per heavy atom. The second-order valence-corrected chi connectivity index (χ2v) is 3.12. The largest absolute Gasteiger partial charge is 0.0976 e. The molecule has 1 rings (SSSR count). The Kier molecular flexibility index (Phi) is 3.01. The highest BCUT2D eigenvalue weighted by Gasteiger charge is 2.07. The molecule has 0 radical (unpaired) electrons. The van der Waals surface area contributed by atoms with Crippen LogP contribution in [0, 0.1) is 0 Å². The van der Waals surface area contributed by atoms with Crippen LogP contribution in [0.15, 0.2) is 23.3 Å². The average Bonchev–Trinajstić information content (AvgIpc) is 2.05. The lowest BCUT2D eigenvalue weighted by Gasteiger charge is -2.13. The van der Waals surface area contributed by atoms with Gasteiger partial charge in [-0.2, -0.15) is 0 Å². The molecule has 0 spiro atoms. The van der Waals surface area contributed by atoms with Crippen LogP contribution >= 0.6 is 11.6 Å². The van der Waals surface area contributed by atoms with Crippen LogP contribution < -0.4 is 0 Å². The highest BCUT2D eigenvalue weighted by atomic mass is 35.5. The predicted molar refractivity (Wildman–Crippen MR) is 46.2 cm³/mol. The molecule has 1 aliphatic carbocycles. The molecule has 10 heavy (non-hydrogen) atoms. The molecule has 1 saturated carbocycles. The highest BCUT2D eigenvalue weighted by Crippen LogP contribution is 2.27. The Labute approximate surface area is 67.6 Å². The summed E-state index contributed by atoms with van der Waals surface area (Å²) in [5.74, 6) is 0. The number of rotatable bonds is 1. The van der Waals surface area contributed by atoms with Crippen molar-refractivity contribution in [3.8, 4) is 0 Å². The van der Waals surface area contributed by atoms with E-state index >= 15 is 0 Å². The second-order valence-electron chi connectivity index (χ2n) is 2.72. The lowest BCUT2D eigenvalue weighted by Crippen LogP contribution is -1.94. The summed E-state index contributed by atoms with van der Waals surface area (Å²) in [4.78, 5) is 0. The Morgan fingerprint density at radius 1 is 1.30 bits per heavy atom. The quantitative estimate of drug-likeness (QED) is 0.544. The summed E-state index contributed by atoms with van der Waals surface area (Å²) < 4.78 is 0. The van der Waals surface area contributed by atoms with Gasteiger partial charge in [0.2, 0.25) is 0 Å². The van der Waals surface area contributed by atoms with Gasteiger partial charge in [0.15, 0.2) is 0 Å². The van der Waals surface area contributed by atoms with Crippen molar-refractivity contribution in [2.75, 3.05) is 0 Å². The smallest absolute Gasteiger partial charge is 0.0392 e. The molecule has 0 saturated heterocycles. The van der Waals surface area contributed by atoms with E-state index in [-0.39, 0.29) is 0 Å². The lowest BCUT2D eigenvalue weighted by atomic mass is 9.95. The molecule has 0 bridgehead atoms. The normalized spacial score (nSPS) is 18.7. The molecular formula is C9H13Cl. The van der Waals surface area contributed by atoms with Crippen molar-refractivity contribution in [2.24, 2.45) is 0 Å². The van der Waals surface area contributed by atoms with Crippen molar-refractivity contribution in [2.45, 2.75) is 32.1 Å². The minimum atomic E-state index is 0.889. The van der Waals surface area contributed by atoms with Crippen molar-refractivity contribution >= 4 is 11.6 Å². The maximum atomic E-state index is 5.91. The van der Waals surface area contributed by atoms with Gasteiger partial charge in [0.25, 0.3) is 0 Å². The Bertz CT molecular complexity index is 148. The monoisotopic (exact) mass is 156 g/mol. The molecule has 0 aliphatic heterocycles. The van der Waals surface area contributed by atoms with E-state index in [4.69, 9.17) is 11.6 Å². The van der Waals surface area contributed by atoms with E-state index in [2.05, 4.69) is 6.58 Å². The summed E-state index contributed by atoms with van der Waals surface area (Å²) in [6.45, 7) is 3.65. The van der Waals surface area contributed by atoms with E-state index in [1.165, 1.54) is 37.7 Å². The van der Waals surface area contributed by atoms with Crippen molar-refractivity contribution < 1.29 is 0 Å². The van der Waals surface area contributed by atoms with Crippen LogP contribution in [0.4, 0.5) is 0 Å². The fraction of sp³-hybridized carbons (Fsp3) is 0.556. The zero-order valence-electron chi connectivity index (χ0n) is 6.20. The molecule has 0 nitrogen and oxygen atoms in total. The molecule has 56 valence electrons. The zero-order valence-corrected chi connectivity index (χ0v) is 6.95. The van der Waals surface area contributed by atoms with Gasteiger partial charge in [-0.15, -0.1) is 0 Å². The third-order valence-electron chi connectivity index (χ3n) is 1.97. The number of allylic oxidation sites excluding steroid dienone is 3. The first kappa shape index (κ1) is 7.87. The molecule has 0 aromatic carbocycles. The minimum Gasteiger partial charge on any atom is -0.0976 e. The number of halogens is 1. The van der Waals surface area contributed by atoms with E-state index in [0.29, 0.717) is 0 Å². The molecule has 0 atom stereocenters. The first-order chi connectivity index (χ1) is 4.84. The molecule has 1 aliphatic rings. The van der Waals surface area contributed by atoms with Crippen molar-refractivity contribution in [3.63, 3.8) is 0 Å². The molecule has 0 amide bonds. The molecule has 1 fully saturated rings. The minimum absolute atomic E-state index is 0.889. The van der Waals surface area contributed by atoms with Crippen LogP contribution in [0.1, 0.15) is 32.1 Å². The summed E-state index contributed by atoms with van der Waals surface area (Å²) in [7, 11) is 0. The van der Waals surface area contributed by atoms with E-state index < -0.39 is 0 Å². The van der Waals surface area contributed by atoms with Crippen LogP contribution in [0.3, 0.4) is 0 Å². The molecule has 0 N–H and O–H groups in total. The highest BCUT2D eigenvalue weighted by molar-refractivity contribution is 6.31. The van der Waals surface area contributed by atoms with Gasteiger partial charge >= 0.3 is 0 Å². The van der Waals surface area contributed by atoms with Crippen LogP contribution in [-0.2, 0) is 0 Å². The van der Waals surface area contributed by atoms with E-state index in [1.54, 1.807) is 6.08 Å². The summed E-state index contributed by atoms with van der Waals surface area (Å²) in [6, 6.07) is 0. The van der Waals surface area contributed by atoms with Crippen LogP contribution in [0.5, 0.6) is 0 Å². The van der Waals surface area contributed by atoms with Gasteiger partial charge in [-0.25, -0.2) is 0 Å². The number of hydrogen-bond acceptors (Lipinski definition) is 0. The Hall–Kier alpha value is -0.230. The van der Waals surface area contributed by atoms with Gasteiger partial charge < -0.3 is 0 Å². The maximum Gasteiger partial charge on any atom is 0.0392 e. The molecular weight excluding hydrogens is 144 g/mol. The number of hydrogen-bond donors (Lipinski definition) is 0. The SMILES string of the molecule is C=CC(Cl)=C1CCCCC1. The summed E-state index contributed by atoms with van der Waals surface area (Å²) in [5.41, 5.74) is 1.41. The molecule has 1 heteroatoms. The van der Waals surface area contributed by atoms with Crippen LogP contribution in [-0.4, -0.2) is 0 Å². The standard InChI is InChI=1S/C9H13Cl/c1-2-9(10)8-6-4-3-5-7-8/h2H,1,3-7H2.